The zero-order chi connectivity index (χ0) is 47.3. The molecule has 1 aliphatic heterocycles. The van der Waals surface area contributed by atoms with Crippen molar-refractivity contribution in [2.24, 2.45) is 14.1 Å². The van der Waals surface area contributed by atoms with E-state index in [1.165, 1.54) is 84.2 Å². The summed E-state index contributed by atoms with van der Waals surface area (Å²) >= 11 is 0. The zero-order valence-electron chi connectivity index (χ0n) is 42.0. The molecule has 1 aliphatic carbocycles. The number of imidazole rings is 3. The van der Waals surface area contributed by atoms with Crippen molar-refractivity contribution in [1.82, 2.24) is 18.7 Å². The first kappa shape index (κ1) is 45.6. The molecule has 0 saturated carbocycles. The Labute approximate surface area is 399 Å². The minimum Gasteiger partial charge on any atom is -0.327 e. The summed E-state index contributed by atoms with van der Waals surface area (Å²) in [5.41, 5.74) is 19.7. The molecular formula is C61H70N6+2. The molecule has 5 aromatic carbocycles. The molecule has 0 unspecified atom stereocenters. The number of hydrogen-bond acceptors (Lipinski definition) is 1. The molecule has 6 nitrogen and oxygen atoms in total. The van der Waals surface area contributed by atoms with E-state index in [4.69, 9.17) is 4.98 Å². The highest BCUT2D eigenvalue weighted by Crippen LogP contribution is 2.41. The van der Waals surface area contributed by atoms with Crippen LogP contribution < -0.4 is 9.13 Å². The zero-order valence-corrected chi connectivity index (χ0v) is 42.0. The van der Waals surface area contributed by atoms with E-state index in [9.17, 15) is 0 Å². The summed E-state index contributed by atoms with van der Waals surface area (Å²) in [4.78, 5) is 5.04. The maximum absolute atomic E-state index is 5.04. The van der Waals surface area contributed by atoms with Gasteiger partial charge in [0.2, 0.25) is 0 Å². The first-order valence-corrected chi connectivity index (χ1v) is 24.7. The number of nitrogens with zero attached hydrogens (tertiary/aromatic N) is 6. The Morgan fingerprint density at radius 2 is 1.09 bits per heavy atom. The van der Waals surface area contributed by atoms with E-state index in [-0.39, 0.29) is 0 Å². The third-order valence-electron chi connectivity index (χ3n) is 14.0. The van der Waals surface area contributed by atoms with Gasteiger partial charge >= 0.3 is 0 Å². The molecule has 4 heterocycles. The molecule has 0 atom stereocenters. The van der Waals surface area contributed by atoms with E-state index < -0.39 is 0 Å². The summed E-state index contributed by atoms with van der Waals surface area (Å²) < 4.78 is 11.7. The number of hydrogen-bond donors (Lipinski definition) is 0. The molecular weight excluding hydrogens is 817 g/mol. The van der Waals surface area contributed by atoms with Gasteiger partial charge in [-0.25, -0.2) is 14.1 Å². The van der Waals surface area contributed by atoms with Gasteiger partial charge in [0.1, 0.15) is 48.5 Å². The van der Waals surface area contributed by atoms with Gasteiger partial charge in [-0.2, -0.15) is 9.13 Å². The van der Waals surface area contributed by atoms with Gasteiger partial charge in [-0.3, -0.25) is 0 Å². The van der Waals surface area contributed by atoms with Crippen molar-refractivity contribution in [1.29, 1.82) is 0 Å². The quantitative estimate of drug-likeness (QED) is 0.126. The lowest BCUT2D eigenvalue weighted by Gasteiger charge is -2.20. The molecule has 3 aromatic heterocycles. The maximum atomic E-state index is 5.04. The molecule has 6 heteroatoms. The molecule has 8 aromatic rings. The minimum atomic E-state index is 0.350. The molecule has 0 saturated heterocycles. The normalized spacial score (nSPS) is 13.3. The second-order valence-electron chi connectivity index (χ2n) is 20.4. The topological polar surface area (TPSA) is 35.4 Å². The predicted molar refractivity (Wildman–Crippen MR) is 279 cm³/mol. The average molecular weight is 887 g/mol. The molecule has 10 rings (SSSR count). The van der Waals surface area contributed by atoms with Crippen molar-refractivity contribution in [3.63, 3.8) is 0 Å². The lowest BCUT2D eigenvalue weighted by atomic mass is 9.87. The first-order chi connectivity index (χ1) is 32.2. The van der Waals surface area contributed by atoms with Crippen LogP contribution in [0.15, 0.2) is 140 Å². The van der Waals surface area contributed by atoms with Gasteiger partial charge in [-0.1, -0.05) is 136 Å². The third-order valence-corrected chi connectivity index (χ3v) is 14.0. The smallest absolute Gasteiger partial charge is 0.294 e. The summed E-state index contributed by atoms with van der Waals surface area (Å²) in [6, 6.07) is 35.6. The number of aryl methyl sites for hydroxylation is 2. The summed E-state index contributed by atoms with van der Waals surface area (Å²) in [5.74, 6) is 5.57. The van der Waals surface area contributed by atoms with Crippen LogP contribution in [-0.2, 0) is 20.6 Å². The summed E-state index contributed by atoms with van der Waals surface area (Å²) in [6.07, 6.45) is 18.2. The Morgan fingerprint density at radius 1 is 0.552 bits per heavy atom. The second-order valence-corrected chi connectivity index (χ2v) is 20.4. The summed E-state index contributed by atoms with van der Waals surface area (Å²) in [6.45, 7) is 24.0. The van der Waals surface area contributed by atoms with Crippen LogP contribution in [-0.4, -0.2) is 18.7 Å². The Hall–Kier alpha value is -6.53. The van der Waals surface area contributed by atoms with Gasteiger partial charge < -0.3 is 4.57 Å². The molecule has 0 N–H and O–H groups in total. The van der Waals surface area contributed by atoms with Gasteiger partial charge in [-0.05, 0) is 108 Å². The van der Waals surface area contributed by atoms with Crippen LogP contribution in [0.25, 0.3) is 62.1 Å². The highest BCUT2D eigenvalue weighted by molar-refractivity contribution is 5.82. The standard InChI is InChI=1S/C33H39N4.C28H31N2/c1-21(2)25-13-9-10-14-26(25)33-35(7)17-18-37(33)31-27(22(3)4)19-24(20-28(31)23(5)6)32-34-29-15-11-12-16-30(29)36(32)8;1-19(2)25-16-23(21-10-6-5-7-11-21)17-26(20(3)4)27(25)30-15-14-29-18-22-12-8-9-13-24(22)28(29)30/h9-23H,1-8H3;6,8-17,19-20H,5,7,18H2,1-4H3/q2*+1. The summed E-state index contributed by atoms with van der Waals surface area (Å²) in [5, 5.41) is 0. The second kappa shape index (κ2) is 18.6. The minimum absolute atomic E-state index is 0.350. The van der Waals surface area contributed by atoms with Crippen LogP contribution in [0.3, 0.4) is 0 Å². The first-order valence-electron chi connectivity index (χ1n) is 24.7. The van der Waals surface area contributed by atoms with E-state index in [2.05, 4.69) is 246 Å². The Morgan fingerprint density at radius 3 is 1.69 bits per heavy atom. The monoisotopic (exact) mass is 887 g/mol. The lowest BCUT2D eigenvalue weighted by molar-refractivity contribution is -0.671. The van der Waals surface area contributed by atoms with Gasteiger partial charge in [0, 0.05) is 40.4 Å². The van der Waals surface area contributed by atoms with E-state index in [0.29, 0.717) is 29.6 Å². The average Bonchev–Trinajstić information content (AvgIpc) is 4.10. The van der Waals surface area contributed by atoms with Crippen molar-refractivity contribution in [3.05, 3.63) is 179 Å². The summed E-state index contributed by atoms with van der Waals surface area (Å²) in [7, 11) is 4.27. The fourth-order valence-electron chi connectivity index (χ4n) is 10.5. The maximum Gasteiger partial charge on any atom is 0.294 e. The number of allylic oxidation sites excluding steroid dienone is 4. The van der Waals surface area contributed by atoms with Crippen molar-refractivity contribution >= 4 is 16.6 Å². The van der Waals surface area contributed by atoms with Crippen LogP contribution >= 0.6 is 0 Å². The number of rotatable bonds is 10. The number of para-hydroxylation sites is 2. The van der Waals surface area contributed by atoms with Gasteiger partial charge in [0.15, 0.2) is 0 Å². The van der Waals surface area contributed by atoms with E-state index >= 15 is 0 Å². The van der Waals surface area contributed by atoms with Crippen LogP contribution in [0.4, 0.5) is 0 Å². The number of fused-ring (bicyclic) bond motifs is 4. The predicted octanol–water partition coefficient (Wildman–Crippen LogP) is 14.7. The Kier molecular flexibility index (Phi) is 12.7. The fourth-order valence-corrected chi connectivity index (χ4v) is 10.5. The van der Waals surface area contributed by atoms with Crippen molar-refractivity contribution in [3.8, 4) is 45.5 Å². The molecule has 0 spiro atoms. The number of aromatic nitrogens is 6. The molecule has 342 valence electrons. The fraction of sp³-hybridized carbons (Fsp3) is 0.328. The van der Waals surface area contributed by atoms with Crippen LogP contribution in [0, 0.1) is 0 Å². The molecule has 0 bridgehead atoms. The van der Waals surface area contributed by atoms with E-state index in [0.717, 1.165) is 36.2 Å². The van der Waals surface area contributed by atoms with Crippen molar-refractivity contribution in [2.45, 2.75) is 118 Å². The van der Waals surface area contributed by atoms with Gasteiger partial charge in [0.25, 0.3) is 11.6 Å². The molecule has 0 radical (unpaired) electrons. The SMILES string of the molecule is CC(C)c1cc(C2=CCCC=C2)cc(C(C)C)c1-n1cc[n+]2c1-c1ccccc1C2.CC(C)c1ccccc1-c1n(-c2c(C(C)C)cc(-c3nc4ccccc4n3C)cc2C(C)C)cc[n+]1C. The van der Waals surface area contributed by atoms with Crippen molar-refractivity contribution < 1.29 is 9.13 Å². The highest BCUT2D eigenvalue weighted by Gasteiger charge is 2.33. The van der Waals surface area contributed by atoms with E-state index in [1.807, 2.05) is 0 Å². The largest absolute Gasteiger partial charge is 0.327 e. The van der Waals surface area contributed by atoms with E-state index in [1.54, 1.807) is 0 Å². The van der Waals surface area contributed by atoms with Crippen LogP contribution in [0.1, 0.15) is 151 Å². The van der Waals surface area contributed by atoms with Crippen molar-refractivity contribution in [2.75, 3.05) is 0 Å². The molecule has 2 aliphatic rings. The highest BCUT2D eigenvalue weighted by atomic mass is 15.2. The molecule has 67 heavy (non-hydrogen) atoms. The Bertz CT molecular complexity index is 3110. The molecule has 0 fully saturated rings. The van der Waals surface area contributed by atoms with Crippen LogP contribution in [0.5, 0.6) is 0 Å². The Balaban J connectivity index is 0.000000171. The number of benzene rings is 5. The van der Waals surface area contributed by atoms with Gasteiger partial charge in [-0.15, -0.1) is 0 Å². The van der Waals surface area contributed by atoms with Crippen LogP contribution in [0.2, 0.25) is 0 Å². The van der Waals surface area contributed by atoms with Gasteiger partial charge in [0.05, 0.1) is 29.2 Å². The third kappa shape index (κ3) is 8.45. The lowest BCUT2D eigenvalue weighted by Crippen LogP contribution is -2.30. The molecule has 0 amide bonds.